The lowest BCUT2D eigenvalue weighted by atomic mass is 10.1. The minimum Gasteiger partial charge on any atom is -0.270 e. The Labute approximate surface area is 112 Å². The quantitative estimate of drug-likeness (QED) is 0.654. The second-order valence-corrected chi connectivity index (χ2v) is 5.19. The number of halogens is 1. The molecule has 3 N–H and O–H groups in total. The summed E-state index contributed by atoms with van der Waals surface area (Å²) in [5.41, 5.74) is 6.53. The highest BCUT2D eigenvalue weighted by Crippen LogP contribution is 2.28. The van der Waals surface area contributed by atoms with Gasteiger partial charge in [0.05, 0.1) is 27.6 Å². The molecule has 0 aromatic carbocycles. The molecule has 0 spiro atoms. The van der Waals surface area contributed by atoms with E-state index in [0.29, 0.717) is 0 Å². The molecule has 2 aromatic rings. The average molecular weight is 316 g/mol. The largest absolute Gasteiger partial charge is 0.270 e. The van der Waals surface area contributed by atoms with Gasteiger partial charge in [-0.25, -0.2) is 10.4 Å². The molecule has 1 unspecified atom stereocenters. The average Bonchev–Trinajstić information content (AvgIpc) is 2.94. The molecule has 0 fully saturated rings. The van der Waals surface area contributed by atoms with Crippen molar-refractivity contribution in [3.8, 4) is 0 Å². The van der Waals surface area contributed by atoms with E-state index in [-0.39, 0.29) is 6.04 Å². The van der Waals surface area contributed by atoms with Crippen LogP contribution in [0.3, 0.4) is 0 Å². The van der Waals surface area contributed by atoms with Crippen molar-refractivity contribution in [1.29, 1.82) is 0 Å². The number of aryl methyl sites for hydroxylation is 1. The Morgan fingerprint density at radius 3 is 3.06 bits per heavy atom. The van der Waals surface area contributed by atoms with E-state index in [4.69, 9.17) is 5.84 Å². The third-order valence-electron chi connectivity index (χ3n) is 2.46. The van der Waals surface area contributed by atoms with Gasteiger partial charge >= 0.3 is 0 Å². The molecule has 1 atom stereocenters. The summed E-state index contributed by atoms with van der Waals surface area (Å²) in [5.74, 6) is 5.64. The third-order valence-corrected chi connectivity index (χ3v) is 3.67. The maximum Gasteiger partial charge on any atom is 0.107 e. The summed E-state index contributed by atoms with van der Waals surface area (Å²) in [4.78, 5) is 4.30. The zero-order valence-corrected chi connectivity index (χ0v) is 11.8. The Bertz CT molecular complexity index is 467. The van der Waals surface area contributed by atoms with Crippen molar-refractivity contribution >= 4 is 27.3 Å². The molecule has 0 saturated heterocycles. The van der Waals surface area contributed by atoms with Crippen LogP contribution in [0.25, 0.3) is 0 Å². The van der Waals surface area contributed by atoms with Crippen LogP contribution in [0.4, 0.5) is 0 Å². The first kappa shape index (κ1) is 12.7. The fourth-order valence-electron chi connectivity index (χ4n) is 1.72. The lowest BCUT2D eigenvalue weighted by Gasteiger charge is -2.16. The van der Waals surface area contributed by atoms with Gasteiger partial charge < -0.3 is 0 Å². The summed E-state index contributed by atoms with van der Waals surface area (Å²) in [5, 5.41) is 6.32. The Morgan fingerprint density at radius 2 is 2.47 bits per heavy atom. The van der Waals surface area contributed by atoms with E-state index in [0.717, 1.165) is 28.8 Å². The van der Waals surface area contributed by atoms with E-state index in [9.17, 15) is 0 Å². The van der Waals surface area contributed by atoms with Gasteiger partial charge in [-0.1, -0.05) is 6.92 Å². The van der Waals surface area contributed by atoms with Gasteiger partial charge in [0.25, 0.3) is 0 Å². The first-order valence-electron chi connectivity index (χ1n) is 5.33. The van der Waals surface area contributed by atoms with E-state index in [1.54, 1.807) is 23.0 Å². The maximum atomic E-state index is 5.64. The van der Waals surface area contributed by atoms with Crippen molar-refractivity contribution in [1.82, 2.24) is 20.2 Å². The number of nitrogens with one attached hydrogen (secondary N) is 1. The lowest BCUT2D eigenvalue weighted by molar-refractivity contribution is 0.515. The van der Waals surface area contributed by atoms with E-state index in [1.807, 2.05) is 10.1 Å². The minimum absolute atomic E-state index is 0.135. The van der Waals surface area contributed by atoms with Gasteiger partial charge in [-0.3, -0.25) is 10.5 Å². The molecule has 0 amide bonds. The molecular formula is C10H14BrN5S. The van der Waals surface area contributed by atoms with Crippen molar-refractivity contribution in [3.63, 3.8) is 0 Å². The zero-order valence-electron chi connectivity index (χ0n) is 9.43. The predicted molar refractivity (Wildman–Crippen MR) is 71.5 cm³/mol. The van der Waals surface area contributed by atoms with Crippen molar-refractivity contribution < 1.29 is 0 Å². The third kappa shape index (κ3) is 2.57. The Morgan fingerprint density at radius 1 is 1.65 bits per heavy atom. The molecule has 0 aliphatic carbocycles. The second-order valence-electron chi connectivity index (χ2n) is 3.61. The van der Waals surface area contributed by atoms with Gasteiger partial charge in [-0.05, 0) is 22.4 Å². The Hall–Kier alpha value is -0.760. The molecule has 2 aromatic heterocycles. The lowest BCUT2D eigenvalue weighted by Crippen LogP contribution is -2.31. The van der Waals surface area contributed by atoms with Crippen LogP contribution in [0.5, 0.6) is 0 Å². The number of hydrogen-bond acceptors (Lipinski definition) is 5. The minimum atomic E-state index is -0.135. The summed E-state index contributed by atoms with van der Waals surface area (Å²) in [6, 6.07) is -0.135. The number of thiazole rings is 1. The van der Waals surface area contributed by atoms with Crippen molar-refractivity contribution in [2.45, 2.75) is 25.9 Å². The van der Waals surface area contributed by atoms with Gasteiger partial charge in [-0.15, -0.1) is 11.3 Å². The van der Waals surface area contributed by atoms with Gasteiger partial charge in [0.1, 0.15) is 6.04 Å². The standard InChI is InChI=1S/C10H14BrN5S/c1-2-3-16-10(7(11)4-14-16)9(15-12)8-5-17-6-13-8/h4-6,9,15H,2-3,12H2,1H3. The van der Waals surface area contributed by atoms with Crippen LogP contribution in [0.2, 0.25) is 0 Å². The number of nitrogens with zero attached hydrogens (tertiary/aromatic N) is 3. The first-order valence-corrected chi connectivity index (χ1v) is 7.07. The molecule has 7 heteroatoms. The highest BCUT2D eigenvalue weighted by atomic mass is 79.9. The van der Waals surface area contributed by atoms with E-state index < -0.39 is 0 Å². The molecule has 92 valence electrons. The highest BCUT2D eigenvalue weighted by molar-refractivity contribution is 9.10. The van der Waals surface area contributed by atoms with E-state index in [1.165, 1.54) is 0 Å². The van der Waals surface area contributed by atoms with Crippen LogP contribution in [-0.4, -0.2) is 14.8 Å². The second kappa shape index (κ2) is 5.72. The van der Waals surface area contributed by atoms with Crippen LogP contribution in [0.15, 0.2) is 21.6 Å². The molecule has 2 heterocycles. The monoisotopic (exact) mass is 315 g/mol. The molecule has 0 saturated carbocycles. The molecule has 0 bridgehead atoms. The smallest absolute Gasteiger partial charge is 0.107 e. The van der Waals surface area contributed by atoms with E-state index in [2.05, 4.69) is 38.4 Å². The Balaban J connectivity index is 2.39. The zero-order chi connectivity index (χ0) is 12.3. The summed E-state index contributed by atoms with van der Waals surface area (Å²) in [6.07, 6.45) is 2.82. The fraction of sp³-hybridized carbons (Fsp3) is 0.400. The summed E-state index contributed by atoms with van der Waals surface area (Å²) in [7, 11) is 0. The SMILES string of the molecule is CCCn1ncc(Br)c1C(NN)c1cscn1. The molecule has 0 aliphatic rings. The topological polar surface area (TPSA) is 68.8 Å². The molecule has 0 aliphatic heterocycles. The van der Waals surface area contributed by atoms with Crippen molar-refractivity contribution in [2.24, 2.45) is 5.84 Å². The van der Waals surface area contributed by atoms with Crippen molar-refractivity contribution in [2.75, 3.05) is 0 Å². The molecular weight excluding hydrogens is 302 g/mol. The number of hydrazine groups is 1. The first-order chi connectivity index (χ1) is 8.27. The Kier molecular flexibility index (Phi) is 4.27. The molecule has 5 nitrogen and oxygen atoms in total. The molecule has 2 rings (SSSR count). The molecule has 17 heavy (non-hydrogen) atoms. The van der Waals surface area contributed by atoms with Crippen LogP contribution < -0.4 is 11.3 Å². The predicted octanol–water partition coefficient (Wildman–Crippen LogP) is 2.06. The number of aromatic nitrogens is 3. The summed E-state index contributed by atoms with van der Waals surface area (Å²) < 4.78 is 2.90. The van der Waals surface area contributed by atoms with E-state index >= 15 is 0 Å². The van der Waals surface area contributed by atoms with Crippen LogP contribution in [-0.2, 0) is 6.54 Å². The van der Waals surface area contributed by atoms with Crippen LogP contribution in [0.1, 0.15) is 30.8 Å². The maximum absolute atomic E-state index is 5.64. The number of hydrogen-bond donors (Lipinski definition) is 2. The fourth-order valence-corrected chi connectivity index (χ4v) is 2.82. The van der Waals surface area contributed by atoms with Gasteiger partial charge in [-0.2, -0.15) is 5.10 Å². The van der Waals surface area contributed by atoms with Crippen molar-refractivity contribution in [3.05, 3.63) is 32.9 Å². The van der Waals surface area contributed by atoms with Gasteiger partial charge in [0, 0.05) is 11.9 Å². The van der Waals surface area contributed by atoms with Crippen LogP contribution in [0, 0.1) is 0 Å². The number of rotatable bonds is 5. The summed E-state index contributed by atoms with van der Waals surface area (Å²) >= 11 is 5.06. The normalized spacial score (nSPS) is 12.9. The van der Waals surface area contributed by atoms with Gasteiger partial charge in [0.15, 0.2) is 0 Å². The molecule has 0 radical (unpaired) electrons. The van der Waals surface area contributed by atoms with Crippen LogP contribution >= 0.6 is 27.3 Å². The highest BCUT2D eigenvalue weighted by Gasteiger charge is 2.22. The number of nitrogens with two attached hydrogens (primary N) is 1. The van der Waals surface area contributed by atoms with Gasteiger partial charge in [0.2, 0.25) is 0 Å². The summed E-state index contributed by atoms with van der Waals surface area (Å²) in [6.45, 7) is 2.98.